The number of alkyl halides is 3. The van der Waals surface area contributed by atoms with Crippen LogP contribution in [0.15, 0.2) is 47.1 Å². The van der Waals surface area contributed by atoms with Gasteiger partial charge >= 0.3 is 6.18 Å². The van der Waals surface area contributed by atoms with Gasteiger partial charge in [0.2, 0.25) is 0 Å². The average molecular weight is 332 g/mol. The summed E-state index contributed by atoms with van der Waals surface area (Å²) in [5.41, 5.74) is 1.58. The molecule has 0 atom stereocenters. The van der Waals surface area contributed by atoms with Crippen LogP contribution in [0.3, 0.4) is 0 Å². The van der Waals surface area contributed by atoms with Gasteiger partial charge in [0.05, 0.1) is 12.0 Å². The van der Waals surface area contributed by atoms with E-state index in [2.05, 4.69) is 5.10 Å². The Morgan fingerprint density at radius 2 is 1.79 bits per heavy atom. The van der Waals surface area contributed by atoms with E-state index >= 15 is 0 Å². The Bertz CT molecular complexity index is 863. The molecule has 1 aliphatic carbocycles. The number of nitrogens with zero attached hydrogens (tertiary/aromatic N) is 2. The van der Waals surface area contributed by atoms with Crippen LogP contribution < -0.4 is 0 Å². The first-order valence-corrected chi connectivity index (χ1v) is 7.87. The monoisotopic (exact) mass is 332 g/mol. The molecule has 124 valence electrons. The first-order chi connectivity index (χ1) is 11.6. The van der Waals surface area contributed by atoms with Crippen LogP contribution in [0.1, 0.15) is 29.8 Å². The predicted octanol–water partition coefficient (Wildman–Crippen LogP) is 5.03. The molecule has 0 fully saturated rings. The van der Waals surface area contributed by atoms with E-state index in [4.69, 9.17) is 4.42 Å². The summed E-state index contributed by atoms with van der Waals surface area (Å²) < 4.78 is 47.0. The lowest BCUT2D eigenvalue weighted by Gasteiger charge is -2.16. The third-order valence-electron chi connectivity index (χ3n) is 4.37. The number of halogens is 3. The molecule has 3 nitrogen and oxygen atoms in total. The number of benzene rings is 1. The van der Waals surface area contributed by atoms with Crippen LogP contribution in [0, 0.1) is 0 Å². The van der Waals surface area contributed by atoms with Gasteiger partial charge in [-0.05, 0) is 49.9 Å². The molecule has 0 aliphatic heterocycles. The van der Waals surface area contributed by atoms with E-state index in [1.54, 1.807) is 30.5 Å². The highest BCUT2D eigenvalue weighted by molar-refractivity contribution is 5.69. The summed E-state index contributed by atoms with van der Waals surface area (Å²) in [6, 6.07) is 10.8. The van der Waals surface area contributed by atoms with E-state index in [0.717, 1.165) is 18.4 Å². The van der Waals surface area contributed by atoms with Crippen LogP contribution in [-0.4, -0.2) is 9.78 Å². The molecule has 2 heterocycles. The fourth-order valence-electron chi connectivity index (χ4n) is 3.32. The van der Waals surface area contributed by atoms with Gasteiger partial charge in [-0.15, -0.1) is 0 Å². The van der Waals surface area contributed by atoms with Gasteiger partial charge in [-0.3, -0.25) is 0 Å². The van der Waals surface area contributed by atoms with Crippen LogP contribution >= 0.6 is 0 Å². The molecule has 1 aromatic carbocycles. The smallest absolute Gasteiger partial charge is 0.435 e. The lowest BCUT2D eigenvalue weighted by Crippen LogP contribution is -2.11. The van der Waals surface area contributed by atoms with E-state index < -0.39 is 11.9 Å². The Labute approximate surface area is 136 Å². The lowest BCUT2D eigenvalue weighted by molar-refractivity contribution is -0.142. The number of hydrogen-bond acceptors (Lipinski definition) is 2. The molecule has 0 spiro atoms. The molecule has 0 N–H and O–H groups in total. The molecule has 2 aromatic heterocycles. The Morgan fingerprint density at radius 1 is 1.00 bits per heavy atom. The molecule has 0 unspecified atom stereocenters. The van der Waals surface area contributed by atoms with Crippen molar-refractivity contribution in [3.8, 4) is 17.0 Å². The van der Waals surface area contributed by atoms with Gasteiger partial charge in [-0.25, -0.2) is 4.68 Å². The quantitative estimate of drug-likeness (QED) is 0.659. The molecule has 0 saturated carbocycles. The predicted molar refractivity (Wildman–Crippen MR) is 82.9 cm³/mol. The summed E-state index contributed by atoms with van der Waals surface area (Å²) in [5, 5.41) is 3.95. The maximum atomic E-state index is 13.4. The summed E-state index contributed by atoms with van der Waals surface area (Å²) in [6.07, 6.45) is -0.226. The second-order valence-electron chi connectivity index (χ2n) is 5.88. The molecule has 0 radical (unpaired) electrons. The molecule has 0 saturated heterocycles. The third kappa shape index (κ3) is 2.42. The molecule has 4 rings (SSSR count). The van der Waals surface area contributed by atoms with Crippen molar-refractivity contribution in [2.75, 3.05) is 0 Å². The SMILES string of the molecule is FC(F)(F)c1nn(-c2ccccc2-c2ccco2)c2c1CCCC2. The van der Waals surface area contributed by atoms with Crippen molar-refractivity contribution in [3.63, 3.8) is 0 Å². The van der Waals surface area contributed by atoms with Gasteiger partial charge in [0.15, 0.2) is 5.69 Å². The van der Waals surface area contributed by atoms with Gasteiger partial charge in [0.25, 0.3) is 0 Å². The van der Waals surface area contributed by atoms with Gasteiger partial charge in [-0.1, -0.05) is 12.1 Å². The minimum atomic E-state index is -4.44. The largest absolute Gasteiger partial charge is 0.464 e. The molecule has 24 heavy (non-hydrogen) atoms. The fourth-order valence-corrected chi connectivity index (χ4v) is 3.32. The molecule has 1 aliphatic rings. The number of furan rings is 1. The van der Waals surface area contributed by atoms with Crippen molar-refractivity contribution in [1.29, 1.82) is 0 Å². The molecular weight excluding hydrogens is 317 g/mol. The van der Waals surface area contributed by atoms with Gasteiger partial charge < -0.3 is 4.42 Å². The van der Waals surface area contributed by atoms with E-state index in [9.17, 15) is 13.2 Å². The number of para-hydroxylation sites is 1. The van der Waals surface area contributed by atoms with Crippen molar-refractivity contribution >= 4 is 0 Å². The highest BCUT2D eigenvalue weighted by Crippen LogP contribution is 2.38. The number of fused-ring (bicyclic) bond motifs is 1. The molecule has 0 bridgehead atoms. The van der Waals surface area contributed by atoms with Crippen molar-refractivity contribution in [3.05, 3.63) is 59.6 Å². The minimum Gasteiger partial charge on any atom is -0.464 e. The van der Waals surface area contributed by atoms with Gasteiger partial charge in [-0.2, -0.15) is 18.3 Å². The summed E-state index contributed by atoms with van der Waals surface area (Å²) in [5.74, 6) is 0.610. The maximum absolute atomic E-state index is 13.4. The topological polar surface area (TPSA) is 31.0 Å². The number of aromatic nitrogens is 2. The number of hydrogen-bond donors (Lipinski definition) is 0. The first-order valence-electron chi connectivity index (χ1n) is 7.87. The van der Waals surface area contributed by atoms with Gasteiger partial charge in [0, 0.05) is 16.8 Å². The van der Waals surface area contributed by atoms with Crippen molar-refractivity contribution < 1.29 is 17.6 Å². The van der Waals surface area contributed by atoms with Crippen molar-refractivity contribution in [1.82, 2.24) is 9.78 Å². The van der Waals surface area contributed by atoms with E-state index in [-0.39, 0.29) is 0 Å². The first kappa shape index (κ1) is 15.1. The normalized spacial score (nSPS) is 14.6. The Kier molecular flexibility index (Phi) is 3.48. The van der Waals surface area contributed by atoms with E-state index in [1.807, 2.05) is 12.1 Å². The Balaban J connectivity index is 1.94. The zero-order valence-electron chi connectivity index (χ0n) is 12.8. The summed E-state index contributed by atoms with van der Waals surface area (Å²) in [4.78, 5) is 0. The van der Waals surface area contributed by atoms with Crippen LogP contribution in [0.25, 0.3) is 17.0 Å². The molecular formula is C18H15F3N2O. The molecule has 6 heteroatoms. The second kappa shape index (κ2) is 5.54. The maximum Gasteiger partial charge on any atom is 0.435 e. The standard InChI is InChI=1S/C18H15F3N2O/c19-18(20,21)17-13-7-2-4-9-15(13)23(22-17)14-8-3-1-6-12(14)16-10-5-11-24-16/h1,3,5-6,8,10-11H,2,4,7,9H2. The van der Waals surface area contributed by atoms with Crippen LogP contribution in [0.4, 0.5) is 13.2 Å². The summed E-state index contributed by atoms with van der Waals surface area (Å²) >= 11 is 0. The van der Waals surface area contributed by atoms with Crippen LogP contribution in [0.2, 0.25) is 0 Å². The minimum absolute atomic E-state index is 0.336. The summed E-state index contributed by atoms with van der Waals surface area (Å²) in [6.45, 7) is 0. The Morgan fingerprint density at radius 3 is 2.54 bits per heavy atom. The highest BCUT2D eigenvalue weighted by Gasteiger charge is 2.39. The zero-order chi connectivity index (χ0) is 16.7. The van der Waals surface area contributed by atoms with Crippen LogP contribution in [0.5, 0.6) is 0 Å². The van der Waals surface area contributed by atoms with Crippen LogP contribution in [-0.2, 0) is 19.0 Å². The van der Waals surface area contributed by atoms with Gasteiger partial charge in [0.1, 0.15) is 5.76 Å². The molecule has 0 amide bonds. The molecule has 3 aromatic rings. The third-order valence-corrected chi connectivity index (χ3v) is 4.37. The lowest BCUT2D eigenvalue weighted by atomic mass is 9.95. The van der Waals surface area contributed by atoms with E-state index in [1.165, 1.54) is 4.68 Å². The van der Waals surface area contributed by atoms with E-state index in [0.29, 0.717) is 35.5 Å². The zero-order valence-corrected chi connectivity index (χ0v) is 12.8. The summed E-state index contributed by atoms with van der Waals surface area (Å²) in [7, 11) is 0. The van der Waals surface area contributed by atoms with Crippen molar-refractivity contribution in [2.24, 2.45) is 0 Å². The average Bonchev–Trinajstić information content (AvgIpc) is 3.22. The van der Waals surface area contributed by atoms with Crippen molar-refractivity contribution in [2.45, 2.75) is 31.9 Å². The number of rotatable bonds is 2. The fraction of sp³-hybridized carbons (Fsp3) is 0.278. The highest BCUT2D eigenvalue weighted by atomic mass is 19.4. The Hall–Kier alpha value is -2.50. The second-order valence-corrected chi connectivity index (χ2v) is 5.88.